The van der Waals surface area contributed by atoms with Gasteiger partial charge in [0.1, 0.15) is 0 Å². The number of hydrogen-bond acceptors (Lipinski definition) is 5. The molecule has 4 rings (SSSR count). The summed E-state index contributed by atoms with van der Waals surface area (Å²) in [5.74, 6) is 0.0941. The number of nitrogens with one attached hydrogen (secondary N) is 1. The first kappa shape index (κ1) is 20.3. The van der Waals surface area contributed by atoms with E-state index in [1.807, 2.05) is 6.20 Å². The number of furan rings is 1. The van der Waals surface area contributed by atoms with Gasteiger partial charge < -0.3 is 14.6 Å². The van der Waals surface area contributed by atoms with Crippen LogP contribution in [0.4, 0.5) is 5.13 Å². The Hall–Kier alpha value is -2.93. The highest BCUT2D eigenvalue weighted by atomic mass is 32.1. The van der Waals surface area contributed by atoms with Crippen LogP contribution in [0.2, 0.25) is 0 Å². The number of aromatic nitrogens is 1. The number of piperidine rings is 1. The second-order valence-corrected chi connectivity index (χ2v) is 8.88. The summed E-state index contributed by atoms with van der Waals surface area (Å²) < 4.78 is 5.18. The molecule has 0 radical (unpaired) electrons. The van der Waals surface area contributed by atoms with Crippen molar-refractivity contribution in [2.24, 2.45) is 5.92 Å². The van der Waals surface area contributed by atoms with Gasteiger partial charge in [-0.05, 0) is 55.5 Å². The maximum atomic E-state index is 12.7. The summed E-state index contributed by atoms with van der Waals surface area (Å²) in [6.07, 6.45) is 5.41. The number of benzene rings is 1. The number of carbonyl (C=O) groups is 2. The van der Waals surface area contributed by atoms with Crippen LogP contribution in [0.15, 0.2) is 47.2 Å². The average Bonchev–Trinajstić information content (AvgIpc) is 3.43. The van der Waals surface area contributed by atoms with Crippen molar-refractivity contribution in [3.05, 3.63) is 70.1 Å². The molecule has 3 heterocycles. The van der Waals surface area contributed by atoms with Crippen LogP contribution in [0.25, 0.3) is 0 Å². The number of thiazole rings is 1. The normalized spacial score (nSPS) is 14.7. The summed E-state index contributed by atoms with van der Waals surface area (Å²) in [5.41, 5.74) is 3.81. The molecule has 1 aliphatic rings. The Kier molecular flexibility index (Phi) is 5.99. The maximum absolute atomic E-state index is 12.7. The maximum Gasteiger partial charge on any atom is 0.289 e. The Morgan fingerprint density at radius 1 is 1.20 bits per heavy atom. The van der Waals surface area contributed by atoms with Gasteiger partial charge in [-0.2, -0.15) is 0 Å². The van der Waals surface area contributed by atoms with Gasteiger partial charge in [0.15, 0.2) is 10.9 Å². The first-order valence-corrected chi connectivity index (χ1v) is 11.0. The van der Waals surface area contributed by atoms with E-state index in [1.165, 1.54) is 34.3 Å². The Morgan fingerprint density at radius 2 is 2.00 bits per heavy atom. The van der Waals surface area contributed by atoms with E-state index in [9.17, 15) is 9.59 Å². The van der Waals surface area contributed by atoms with Crippen molar-refractivity contribution in [2.75, 3.05) is 18.4 Å². The molecule has 7 heteroatoms. The number of rotatable bonds is 5. The fraction of sp³-hybridized carbons (Fsp3) is 0.348. The van der Waals surface area contributed by atoms with Crippen molar-refractivity contribution in [3.8, 4) is 0 Å². The highest BCUT2D eigenvalue weighted by Gasteiger charge is 2.29. The molecule has 0 bridgehead atoms. The van der Waals surface area contributed by atoms with Crippen molar-refractivity contribution >= 4 is 28.3 Å². The third-order valence-corrected chi connectivity index (χ3v) is 6.53. The van der Waals surface area contributed by atoms with Gasteiger partial charge in [-0.1, -0.05) is 18.2 Å². The number of hydrogen-bond donors (Lipinski definition) is 1. The van der Waals surface area contributed by atoms with Crippen LogP contribution in [-0.4, -0.2) is 34.8 Å². The highest BCUT2D eigenvalue weighted by Crippen LogP contribution is 2.25. The molecule has 0 unspecified atom stereocenters. The summed E-state index contributed by atoms with van der Waals surface area (Å²) >= 11 is 1.51. The van der Waals surface area contributed by atoms with E-state index < -0.39 is 0 Å². The molecule has 30 heavy (non-hydrogen) atoms. The third kappa shape index (κ3) is 4.62. The molecule has 3 aromatic rings. The van der Waals surface area contributed by atoms with Crippen molar-refractivity contribution in [1.82, 2.24) is 9.88 Å². The second kappa shape index (κ2) is 8.83. The first-order chi connectivity index (χ1) is 14.5. The molecule has 1 aromatic carbocycles. The van der Waals surface area contributed by atoms with Crippen molar-refractivity contribution in [3.63, 3.8) is 0 Å². The molecular formula is C23H25N3O3S. The lowest BCUT2D eigenvalue weighted by Crippen LogP contribution is -2.41. The smallest absolute Gasteiger partial charge is 0.289 e. The lowest BCUT2D eigenvalue weighted by Gasteiger charge is -2.30. The lowest BCUT2D eigenvalue weighted by atomic mass is 9.96. The van der Waals surface area contributed by atoms with Crippen LogP contribution in [0.1, 0.15) is 45.0 Å². The average molecular weight is 424 g/mol. The Balaban J connectivity index is 1.29. The van der Waals surface area contributed by atoms with E-state index >= 15 is 0 Å². The van der Waals surface area contributed by atoms with Gasteiger partial charge in [0.2, 0.25) is 5.91 Å². The van der Waals surface area contributed by atoms with E-state index in [0.29, 0.717) is 36.8 Å². The molecule has 1 N–H and O–H groups in total. The molecule has 156 valence electrons. The van der Waals surface area contributed by atoms with Crippen LogP contribution in [0, 0.1) is 19.8 Å². The Morgan fingerprint density at radius 3 is 2.70 bits per heavy atom. The molecular weight excluding hydrogens is 398 g/mol. The van der Waals surface area contributed by atoms with Gasteiger partial charge in [-0.25, -0.2) is 4.98 Å². The minimum Gasteiger partial charge on any atom is -0.459 e. The fourth-order valence-corrected chi connectivity index (χ4v) is 4.52. The third-order valence-electron chi connectivity index (χ3n) is 5.62. The number of aryl methyl sites for hydroxylation is 2. The van der Waals surface area contributed by atoms with E-state index in [1.54, 1.807) is 17.0 Å². The largest absolute Gasteiger partial charge is 0.459 e. The van der Waals surface area contributed by atoms with E-state index in [2.05, 4.69) is 42.3 Å². The molecule has 0 aliphatic carbocycles. The predicted octanol–water partition coefficient (Wildman–Crippen LogP) is 4.43. The molecule has 0 spiro atoms. The number of carbonyl (C=O) groups excluding carboxylic acids is 2. The van der Waals surface area contributed by atoms with Crippen molar-refractivity contribution in [1.29, 1.82) is 0 Å². The van der Waals surface area contributed by atoms with Crippen molar-refractivity contribution in [2.45, 2.75) is 33.1 Å². The topological polar surface area (TPSA) is 75.4 Å². The Bertz CT molecular complexity index is 1030. The lowest BCUT2D eigenvalue weighted by molar-refractivity contribution is -0.121. The summed E-state index contributed by atoms with van der Waals surface area (Å²) in [6.45, 7) is 5.32. The van der Waals surface area contributed by atoms with E-state index in [-0.39, 0.29) is 17.7 Å². The fourth-order valence-electron chi connectivity index (χ4n) is 3.67. The number of amides is 2. The van der Waals surface area contributed by atoms with Crippen LogP contribution in [0.3, 0.4) is 0 Å². The van der Waals surface area contributed by atoms with Crippen molar-refractivity contribution < 1.29 is 14.0 Å². The Labute approximate surface area is 179 Å². The zero-order valence-corrected chi connectivity index (χ0v) is 18.0. The minimum absolute atomic E-state index is 0.0211. The number of anilines is 1. The molecule has 6 nitrogen and oxygen atoms in total. The molecule has 0 atom stereocenters. The standard InChI is InChI=1S/C23H25N3O3S/c1-15-5-6-17(12-16(15)2)13-19-14-24-23(30-19)25-21(27)18-7-9-26(10-8-18)22(28)20-4-3-11-29-20/h3-6,11-12,14,18H,7-10,13H2,1-2H3,(H,24,25,27). The van der Waals surface area contributed by atoms with Crippen LogP contribution >= 0.6 is 11.3 Å². The summed E-state index contributed by atoms with van der Waals surface area (Å²) in [4.78, 5) is 32.2. The number of likely N-dealkylation sites (tertiary alicyclic amines) is 1. The first-order valence-electron chi connectivity index (χ1n) is 10.1. The van der Waals surface area contributed by atoms with E-state index in [0.717, 1.165) is 11.3 Å². The molecule has 0 saturated carbocycles. The van der Waals surface area contributed by atoms with Gasteiger partial charge >= 0.3 is 0 Å². The molecule has 2 amide bonds. The van der Waals surface area contributed by atoms with Crippen LogP contribution in [0.5, 0.6) is 0 Å². The number of nitrogens with zero attached hydrogens (tertiary/aromatic N) is 2. The monoisotopic (exact) mass is 423 g/mol. The molecule has 1 fully saturated rings. The van der Waals surface area contributed by atoms with Gasteiger partial charge in [0.25, 0.3) is 5.91 Å². The molecule has 1 saturated heterocycles. The second-order valence-electron chi connectivity index (χ2n) is 7.76. The summed E-state index contributed by atoms with van der Waals surface area (Å²) in [6, 6.07) is 9.84. The van der Waals surface area contributed by atoms with Gasteiger partial charge in [0.05, 0.1) is 6.26 Å². The predicted molar refractivity (Wildman–Crippen MR) is 117 cm³/mol. The van der Waals surface area contributed by atoms with Gasteiger partial charge in [-0.3, -0.25) is 9.59 Å². The summed E-state index contributed by atoms with van der Waals surface area (Å²) in [7, 11) is 0. The van der Waals surface area contributed by atoms with Gasteiger partial charge in [0, 0.05) is 36.5 Å². The van der Waals surface area contributed by atoms with Crippen LogP contribution < -0.4 is 5.32 Å². The van der Waals surface area contributed by atoms with E-state index in [4.69, 9.17) is 4.42 Å². The summed E-state index contributed by atoms with van der Waals surface area (Å²) in [5, 5.41) is 3.59. The quantitative estimate of drug-likeness (QED) is 0.659. The van der Waals surface area contributed by atoms with Crippen LogP contribution in [-0.2, 0) is 11.2 Å². The molecule has 2 aromatic heterocycles. The minimum atomic E-state index is -0.116. The zero-order valence-electron chi connectivity index (χ0n) is 17.2. The SMILES string of the molecule is Cc1ccc(Cc2cnc(NC(=O)C3CCN(C(=O)c4ccco4)CC3)s2)cc1C. The van der Waals surface area contributed by atoms with Gasteiger partial charge in [-0.15, -0.1) is 11.3 Å². The molecule has 1 aliphatic heterocycles. The zero-order chi connectivity index (χ0) is 21.1. The highest BCUT2D eigenvalue weighted by molar-refractivity contribution is 7.15.